The Morgan fingerprint density at radius 2 is 2.38 bits per heavy atom. The van der Waals surface area contributed by atoms with E-state index in [1.807, 2.05) is 6.20 Å². The van der Waals surface area contributed by atoms with Gasteiger partial charge in [-0.2, -0.15) is 0 Å². The highest BCUT2D eigenvalue weighted by molar-refractivity contribution is 5.36. The minimum absolute atomic E-state index is 0.470. The van der Waals surface area contributed by atoms with Crippen LogP contribution in [0.25, 0.3) is 0 Å². The molecule has 0 radical (unpaired) electrons. The molecule has 4 nitrogen and oxygen atoms in total. The number of nitrogens with one attached hydrogen (secondary N) is 1. The molecule has 1 fully saturated rings. The number of rotatable bonds is 4. The first-order chi connectivity index (χ1) is 7.77. The van der Waals surface area contributed by atoms with Gasteiger partial charge in [-0.3, -0.25) is 4.98 Å². The molecule has 88 valence electrons. The smallest absolute Gasteiger partial charge is 0.147 e. The molecule has 4 heteroatoms. The topological polar surface area (TPSA) is 41.0 Å². The summed E-state index contributed by atoms with van der Waals surface area (Å²) in [6.07, 6.45) is 6.60. The van der Waals surface area contributed by atoms with Gasteiger partial charge in [0.2, 0.25) is 0 Å². The van der Waals surface area contributed by atoms with Crippen LogP contribution in [0.15, 0.2) is 18.6 Å². The maximum absolute atomic E-state index is 4.39. The number of anilines is 1. The highest BCUT2D eigenvalue weighted by atomic mass is 15.2. The molecule has 1 N–H and O–H groups in total. The lowest BCUT2D eigenvalue weighted by atomic mass is 10.1. The van der Waals surface area contributed by atoms with E-state index in [0.29, 0.717) is 6.04 Å². The van der Waals surface area contributed by atoms with Crippen molar-refractivity contribution in [3.05, 3.63) is 18.6 Å². The van der Waals surface area contributed by atoms with Gasteiger partial charge >= 0.3 is 0 Å². The van der Waals surface area contributed by atoms with Gasteiger partial charge in [-0.25, -0.2) is 4.98 Å². The molecular weight excluding hydrogens is 200 g/mol. The molecule has 1 atom stereocenters. The fourth-order valence-electron chi connectivity index (χ4n) is 2.16. The molecule has 0 aliphatic carbocycles. The van der Waals surface area contributed by atoms with Crippen LogP contribution in [0.2, 0.25) is 0 Å². The number of hydrogen-bond donors (Lipinski definition) is 1. The van der Waals surface area contributed by atoms with Crippen molar-refractivity contribution in [3.63, 3.8) is 0 Å². The highest BCUT2D eigenvalue weighted by Gasteiger charge is 2.20. The Morgan fingerprint density at radius 3 is 2.94 bits per heavy atom. The minimum Gasteiger partial charge on any atom is -0.353 e. The summed E-state index contributed by atoms with van der Waals surface area (Å²) in [6, 6.07) is 0.470. The second-order valence-electron chi connectivity index (χ2n) is 4.67. The molecule has 0 bridgehead atoms. The lowest BCUT2D eigenvalue weighted by molar-refractivity contribution is 0.528. The van der Waals surface area contributed by atoms with E-state index in [0.717, 1.165) is 31.4 Å². The van der Waals surface area contributed by atoms with E-state index in [9.17, 15) is 0 Å². The van der Waals surface area contributed by atoms with Gasteiger partial charge in [0.25, 0.3) is 0 Å². The molecule has 1 aliphatic heterocycles. The fraction of sp³-hybridized carbons (Fsp3) is 0.667. The Labute approximate surface area is 97.1 Å². The predicted molar refractivity (Wildman–Crippen MR) is 65.5 cm³/mol. The molecular formula is C12H20N4. The first-order valence-electron chi connectivity index (χ1n) is 6.00. The Hall–Kier alpha value is -1.16. The van der Waals surface area contributed by atoms with E-state index >= 15 is 0 Å². The molecule has 0 aromatic carbocycles. The van der Waals surface area contributed by atoms with Crippen LogP contribution < -0.4 is 10.2 Å². The molecule has 1 aromatic heterocycles. The van der Waals surface area contributed by atoms with Crippen LogP contribution in [-0.2, 0) is 0 Å². The Kier molecular flexibility index (Phi) is 3.72. The average Bonchev–Trinajstić information content (AvgIpc) is 2.79. The first kappa shape index (κ1) is 11.3. The van der Waals surface area contributed by atoms with Gasteiger partial charge in [0, 0.05) is 25.0 Å². The van der Waals surface area contributed by atoms with Crippen molar-refractivity contribution in [2.24, 2.45) is 5.92 Å². The van der Waals surface area contributed by atoms with Crippen molar-refractivity contribution >= 4 is 5.82 Å². The summed E-state index contributed by atoms with van der Waals surface area (Å²) in [6.45, 7) is 7.76. The summed E-state index contributed by atoms with van der Waals surface area (Å²) in [4.78, 5) is 10.9. The molecule has 16 heavy (non-hydrogen) atoms. The molecule has 1 unspecified atom stereocenters. The molecule has 2 heterocycles. The zero-order valence-electron chi connectivity index (χ0n) is 10.1. The normalized spacial score (nSPS) is 20.3. The molecule has 0 spiro atoms. The number of hydrogen-bond acceptors (Lipinski definition) is 4. The van der Waals surface area contributed by atoms with Gasteiger partial charge in [-0.1, -0.05) is 0 Å². The minimum atomic E-state index is 0.470. The molecule has 1 saturated heterocycles. The second kappa shape index (κ2) is 5.25. The van der Waals surface area contributed by atoms with Crippen LogP contribution in [0.5, 0.6) is 0 Å². The third-order valence-electron chi connectivity index (χ3n) is 3.08. The maximum atomic E-state index is 4.39. The van der Waals surface area contributed by atoms with Crippen LogP contribution in [0.3, 0.4) is 0 Å². The van der Waals surface area contributed by atoms with Crippen molar-refractivity contribution in [2.45, 2.75) is 26.3 Å². The van der Waals surface area contributed by atoms with Crippen LogP contribution in [-0.4, -0.2) is 35.6 Å². The number of aromatic nitrogens is 2. The summed E-state index contributed by atoms with van der Waals surface area (Å²) < 4.78 is 0. The van der Waals surface area contributed by atoms with Gasteiger partial charge in [0.05, 0.1) is 6.20 Å². The summed E-state index contributed by atoms with van der Waals surface area (Å²) >= 11 is 0. The molecule has 2 rings (SSSR count). The fourth-order valence-corrected chi connectivity index (χ4v) is 2.16. The Morgan fingerprint density at radius 1 is 1.50 bits per heavy atom. The van der Waals surface area contributed by atoms with E-state index in [1.54, 1.807) is 12.4 Å². The van der Waals surface area contributed by atoms with Crippen LogP contribution in [0, 0.1) is 5.92 Å². The van der Waals surface area contributed by atoms with Crippen molar-refractivity contribution in [1.82, 2.24) is 15.3 Å². The van der Waals surface area contributed by atoms with Crippen molar-refractivity contribution < 1.29 is 0 Å². The van der Waals surface area contributed by atoms with Crippen molar-refractivity contribution in [1.29, 1.82) is 0 Å². The lowest BCUT2D eigenvalue weighted by Gasteiger charge is -2.29. The monoisotopic (exact) mass is 220 g/mol. The van der Waals surface area contributed by atoms with Crippen molar-refractivity contribution in [2.75, 3.05) is 24.5 Å². The summed E-state index contributed by atoms with van der Waals surface area (Å²) in [5, 5.41) is 3.41. The van der Waals surface area contributed by atoms with Crippen LogP contribution in [0.1, 0.15) is 20.3 Å². The average molecular weight is 220 g/mol. The third-order valence-corrected chi connectivity index (χ3v) is 3.08. The van der Waals surface area contributed by atoms with Gasteiger partial charge in [0.15, 0.2) is 0 Å². The second-order valence-corrected chi connectivity index (χ2v) is 4.67. The van der Waals surface area contributed by atoms with Gasteiger partial charge in [0.1, 0.15) is 5.82 Å². The maximum Gasteiger partial charge on any atom is 0.147 e. The Balaban J connectivity index is 2.05. The summed E-state index contributed by atoms with van der Waals surface area (Å²) in [7, 11) is 0. The SMILES string of the molecule is CC(C)N(CC1CCNC1)c1cnccn1. The van der Waals surface area contributed by atoms with Gasteiger partial charge in [-0.15, -0.1) is 0 Å². The van der Waals surface area contributed by atoms with E-state index in [2.05, 4.69) is 34.0 Å². The highest BCUT2D eigenvalue weighted by Crippen LogP contribution is 2.17. The van der Waals surface area contributed by atoms with E-state index in [4.69, 9.17) is 0 Å². The zero-order valence-corrected chi connectivity index (χ0v) is 10.1. The lowest BCUT2D eigenvalue weighted by Crippen LogP contribution is -2.36. The summed E-state index contributed by atoms with van der Waals surface area (Å²) in [5.74, 6) is 1.73. The predicted octanol–water partition coefficient (Wildman–Crippen LogP) is 1.30. The molecule has 0 saturated carbocycles. The number of nitrogens with zero attached hydrogens (tertiary/aromatic N) is 3. The Bertz CT molecular complexity index is 306. The van der Waals surface area contributed by atoms with Gasteiger partial charge in [-0.05, 0) is 39.3 Å². The van der Waals surface area contributed by atoms with Crippen LogP contribution in [0.4, 0.5) is 5.82 Å². The largest absolute Gasteiger partial charge is 0.353 e. The zero-order chi connectivity index (χ0) is 11.4. The standard InChI is InChI=1S/C12H20N4/c1-10(2)16(9-11-3-4-13-7-11)12-8-14-5-6-15-12/h5-6,8,10-11,13H,3-4,7,9H2,1-2H3. The third kappa shape index (κ3) is 2.70. The quantitative estimate of drug-likeness (QED) is 0.830. The summed E-state index contributed by atoms with van der Waals surface area (Å²) in [5.41, 5.74) is 0. The first-order valence-corrected chi connectivity index (χ1v) is 6.00. The molecule has 0 amide bonds. The van der Waals surface area contributed by atoms with Crippen molar-refractivity contribution in [3.8, 4) is 0 Å². The molecule has 1 aliphatic rings. The molecule has 1 aromatic rings. The van der Waals surface area contributed by atoms with Gasteiger partial charge < -0.3 is 10.2 Å². The van der Waals surface area contributed by atoms with Crippen LogP contribution >= 0.6 is 0 Å². The van der Waals surface area contributed by atoms with E-state index < -0.39 is 0 Å². The van der Waals surface area contributed by atoms with E-state index in [-0.39, 0.29) is 0 Å². The van der Waals surface area contributed by atoms with E-state index in [1.165, 1.54) is 6.42 Å².